The summed E-state index contributed by atoms with van der Waals surface area (Å²) in [6.07, 6.45) is 13.5. The van der Waals surface area contributed by atoms with Gasteiger partial charge in [-0.3, -0.25) is 9.48 Å². The second-order valence-corrected chi connectivity index (χ2v) is 6.44. The van der Waals surface area contributed by atoms with Gasteiger partial charge < -0.3 is 9.47 Å². The lowest BCUT2D eigenvalue weighted by molar-refractivity contribution is 0.0595. The number of likely N-dealkylation sites (tertiary alicyclic amines) is 1. The van der Waals surface area contributed by atoms with Gasteiger partial charge in [0.15, 0.2) is 0 Å². The van der Waals surface area contributed by atoms with Gasteiger partial charge in [0.2, 0.25) is 0 Å². The second kappa shape index (κ2) is 6.14. The lowest BCUT2D eigenvalue weighted by Gasteiger charge is -2.35. The molecule has 3 aromatic heterocycles. The molecule has 1 aliphatic rings. The third-order valence-corrected chi connectivity index (χ3v) is 4.90. The van der Waals surface area contributed by atoms with E-state index in [-0.39, 0.29) is 11.9 Å². The summed E-state index contributed by atoms with van der Waals surface area (Å²) in [7, 11) is 1.94. The Morgan fingerprint density at radius 2 is 2.17 bits per heavy atom. The molecule has 1 aliphatic heterocycles. The summed E-state index contributed by atoms with van der Waals surface area (Å²) in [5.74, 6) is 0.0944. The fraction of sp³-hybridized carbons (Fsp3) is 0.471. The largest absolute Gasteiger partial charge is 0.335 e. The van der Waals surface area contributed by atoms with Crippen molar-refractivity contribution in [3.63, 3.8) is 0 Å². The van der Waals surface area contributed by atoms with E-state index in [2.05, 4.69) is 10.2 Å². The van der Waals surface area contributed by atoms with Crippen LogP contribution in [0.15, 0.2) is 37.1 Å². The van der Waals surface area contributed by atoms with Crippen LogP contribution >= 0.6 is 0 Å². The van der Waals surface area contributed by atoms with Crippen LogP contribution in [0.3, 0.4) is 0 Å². The van der Waals surface area contributed by atoms with E-state index in [9.17, 15) is 4.79 Å². The van der Waals surface area contributed by atoms with Crippen molar-refractivity contribution >= 4 is 11.6 Å². The summed E-state index contributed by atoms with van der Waals surface area (Å²) in [5, 5.41) is 8.56. The molecule has 1 saturated heterocycles. The molecule has 7 heteroatoms. The molecule has 1 fully saturated rings. The maximum Gasteiger partial charge on any atom is 0.259 e. The lowest BCUT2D eigenvalue weighted by Crippen LogP contribution is -2.44. The second-order valence-electron chi connectivity index (χ2n) is 6.44. The van der Waals surface area contributed by atoms with E-state index in [4.69, 9.17) is 0 Å². The molecule has 0 aliphatic carbocycles. The van der Waals surface area contributed by atoms with Crippen LogP contribution in [-0.2, 0) is 13.6 Å². The van der Waals surface area contributed by atoms with Gasteiger partial charge in [-0.25, -0.2) is 4.52 Å². The van der Waals surface area contributed by atoms with E-state index in [0.717, 1.165) is 38.0 Å². The Morgan fingerprint density at radius 1 is 1.25 bits per heavy atom. The first-order chi connectivity index (χ1) is 11.7. The van der Waals surface area contributed by atoms with Crippen LogP contribution in [0, 0.1) is 0 Å². The van der Waals surface area contributed by atoms with Crippen molar-refractivity contribution in [1.82, 2.24) is 28.9 Å². The molecule has 1 atom stereocenters. The third-order valence-electron chi connectivity index (χ3n) is 4.90. The standard InChI is InChI=1S/C17H22N6O/c1-20-11-12-23-16(20)15(13-19-23)17(24)22-9-3-2-5-14(22)6-10-21-8-4-7-18-21/h4,7-8,11-14H,2-3,5-6,9-10H2,1H3/t14-/m1/s1. The molecule has 4 heterocycles. The van der Waals surface area contributed by atoms with Gasteiger partial charge in [-0.05, 0) is 31.7 Å². The summed E-state index contributed by atoms with van der Waals surface area (Å²) in [4.78, 5) is 15.2. The first kappa shape index (κ1) is 15.0. The highest BCUT2D eigenvalue weighted by Gasteiger charge is 2.29. The van der Waals surface area contributed by atoms with Crippen molar-refractivity contribution in [2.45, 2.75) is 38.3 Å². The predicted octanol–water partition coefficient (Wildman–Crippen LogP) is 1.95. The average molecular weight is 326 g/mol. The number of fused-ring (bicyclic) bond motifs is 1. The van der Waals surface area contributed by atoms with Gasteiger partial charge in [-0.2, -0.15) is 10.2 Å². The Kier molecular flexibility index (Phi) is 3.84. The van der Waals surface area contributed by atoms with Crippen LogP contribution in [-0.4, -0.2) is 47.4 Å². The molecule has 24 heavy (non-hydrogen) atoms. The van der Waals surface area contributed by atoms with Crippen LogP contribution in [0.1, 0.15) is 36.0 Å². The minimum atomic E-state index is 0.0944. The number of piperidine rings is 1. The fourth-order valence-electron chi connectivity index (χ4n) is 3.64. The first-order valence-electron chi connectivity index (χ1n) is 8.51. The number of aryl methyl sites for hydroxylation is 2. The first-order valence-corrected chi connectivity index (χ1v) is 8.51. The SMILES string of the molecule is Cn1ccn2ncc(C(=O)N3CCCC[C@@H]3CCn3cccn3)c12. The molecular weight excluding hydrogens is 304 g/mol. The van der Waals surface area contributed by atoms with Crippen molar-refractivity contribution in [2.24, 2.45) is 7.05 Å². The number of rotatable bonds is 4. The Labute approximate surface area is 140 Å². The summed E-state index contributed by atoms with van der Waals surface area (Å²) in [6, 6.07) is 2.20. The Hall–Kier alpha value is -2.57. The van der Waals surface area contributed by atoms with E-state index in [1.807, 2.05) is 45.9 Å². The van der Waals surface area contributed by atoms with Gasteiger partial charge in [-0.15, -0.1) is 0 Å². The summed E-state index contributed by atoms with van der Waals surface area (Å²) in [5.41, 5.74) is 1.55. The molecule has 0 radical (unpaired) electrons. The zero-order chi connectivity index (χ0) is 16.5. The van der Waals surface area contributed by atoms with Crippen molar-refractivity contribution < 1.29 is 4.79 Å². The molecule has 0 unspecified atom stereocenters. The minimum absolute atomic E-state index is 0.0944. The van der Waals surface area contributed by atoms with Crippen LogP contribution in [0.4, 0.5) is 0 Å². The maximum atomic E-state index is 13.1. The highest BCUT2D eigenvalue weighted by molar-refractivity contribution is 6.00. The molecular formula is C17H22N6O. The third kappa shape index (κ3) is 2.60. The number of hydrogen-bond donors (Lipinski definition) is 0. The molecule has 4 rings (SSSR count). The van der Waals surface area contributed by atoms with Gasteiger partial charge in [0.25, 0.3) is 5.91 Å². The van der Waals surface area contributed by atoms with Gasteiger partial charge in [0.1, 0.15) is 11.2 Å². The van der Waals surface area contributed by atoms with Gasteiger partial charge in [-0.1, -0.05) is 0 Å². The van der Waals surface area contributed by atoms with Crippen LogP contribution in [0.25, 0.3) is 5.65 Å². The maximum absolute atomic E-state index is 13.1. The number of aromatic nitrogens is 5. The Balaban J connectivity index is 1.55. The fourth-order valence-corrected chi connectivity index (χ4v) is 3.64. The van der Waals surface area contributed by atoms with E-state index in [1.54, 1.807) is 16.9 Å². The van der Waals surface area contributed by atoms with E-state index < -0.39 is 0 Å². The highest BCUT2D eigenvalue weighted by atomic mass is 16.2. The molecule has 126 valence electrons. The van der Waals surface area contributed by atoms with Gasteiger partial charge in [0.05, 0.1) is 6.20 Å². The smallest absolute Gasteiger partial charge is 0.259 e. The van der Waals surface area contributed by atoms with Crippen molar-refractivity contribution in [1.29, 1.82) is 0 Å². The Bertz CT molecular complexity index is 831. The van der Waals surface area contributed by atoms with Crippen LogP contribution in [0.5, 0.6) is 0 Å². The zero-order valence-electron chi connectivity index (χ0n) is 13.9. The summed E-state index contributed by atoms with van der Waals surface area (Å²) in [6.45, 7) is 1.67. The van der Waals surface area contributed by atoms with Crippen molar-refractivity contribution in [3.8, 4) is 0 Å². The molecule has 0 bridgehead atoms. The molecule has 7 nitrogen and oxygen atoms in total. The molecule has 1 amide bonds. The monoisotopic (exact) mass is 326 g/mol. The number of nitrogens with zero attached hydrogens (tertiary/aromatic N) is 6. The lowest BCUT2D eigenvalue weighted by atomic mass is 9.98. The quantitative estimate of drug-likeness (QED) is 0.736. The normalized spacial score (nSPS) is 18.4. The van der Waals surface area contributed by atoms with Crippen molar-refractivity contribution in [3.05, 3.63) is 42.6 Å². The molecule has 0 saturated carbocycles. The van der Waals surface area contributed by atoms with E-state index >= 15 is 0 Å². The molecule has 3 aromatic rings. The summed E-state index contributed by atoms with van der Waals surface area (Å²) >= 11 is 0. The average Bonchev–Trinajstić information content (AvgIpc) is 3.32. The number of imidazole rings is 1. The number of carbonyl (C=O) groups excluding carboxylic acids is 1. The minimum Gasteiger partial charge on any atom is -0.335 e. The van der Waals surface area contributed by atoms with Crippen molar-refractivity contribution in [2.75, 3.05) is 6.54 Å². The van der Waals surface area contributed by atoms with Crippen LogP contribution < -0.4 is 0 Å². The Morgan fingerprint density at radius 3 is 3.00 bits per heavy atom. The van der Waals surface area contributed by atoms with Crippen LogP contribution in [0.2, 0.25) is 0 Å². The topological polar surface area (TPSA) is 60.4 Å². The van der Waals surface area contributed by atoms with Gasteiger partial charge >= 0.3 is 0 Å². The highest BCUT2D eigenvalue weighted by Crippen LogP contribution is 2.24. The molecule has 0 N–H and O–H groups in total. The number of hydrogen-bond acceptors (Lipinski definition) is 3. The van der Waals surface area contributed by atoms with E-state index in [1.165, 1.54) is 6.42 Å². The molecule has 0 aromatic carbocycles. The summed E-state index contributed by atoms with van der Waals surface area (Å²) < 4.78 is 5.64. The zero-order valence-corrected chi connectivity index (χ0v) is 13.9. The van der Waals surface area contributed by atoms with E-state index in [0.29, 0.717) is 5.56 Å². The van der Waals surface area contributed by atoms with Gasteiger partial charge in [0, 0.05) is 51.0 Å². The number of amides is 1. The number of carbonyl (C=O) groups is 1. The molecule has 0 spiro atoms. The predicted molar refractivity (Wildman–Crippen MR) is 89.7 cm³/mol.